The van der Waals surface area contributed by atoms with E-state index in [2.05, 4.69) is 0 Å². The molecule has 3 nitrogen and oxygen atoms in total. The number of ether oxygens (including phenoxy) is 1. The van der Waals surface area contributed by atoms with Crippen molar-refractivity contribution < 1.29 is 14.6 Å². The Morgan fingerprint density at radius 3 is 2.55 bits per heavy atom. The van der Waals surface area contributed by atoms with Gasteiger partial charge in [0, 0.05) is 4.90 Å². The minimum atomic E-state index is -1.07. The van der Waals surface area contributed by atoms with Crippen LogP contribution in [0.5, 0.6) is 5.75 Å². The van der Waals surface area contributed by atoms with Gasteiger partial charge >= 0.3 is 5.97 Å². The Hall–Kier alpha value is -1.65. The normalized spacial score (nSPS) is 10.3. The molecule has 104 valence electrons. The standard InChI is InChI=1S/C15H13ClO3S/c1-20-12-5-2-10(3-6-12)9-19-11-4-7-14(16)13(8-11)15(17)18/h2-8H,9H2,1H3,(H,17,18). The van der Waals surface area contributed by atoms with E-state index in [1.165, 1.54) is 17.0 Å². The molecule has 0 aromatic heterocycles. The molecule has 2 aromatic rings. The quantitative estimate of drug-likeness (QED) is 0.835. The summed E-state index contributed by atoms with van der Waals surface area (Å²) in [6, 6.07) is 12.6. The molecule has 0 aliphatic heterocycles. The van der Waals surface area contributed by atoms with Crippen LogP contribution in [0.15, 0.2) is 47.4 Å². The highest BCUT2D eigenvalue weighted by Crippen LogP contribution is 2.23. The van der Waals surface area contributed by atoms with Crippen molar-refractivity contribution in [2.24, 2.45) is 0 Å². The van der Waals surface area contributed by atoms with Gasteiger partial charge in [-0.15, -0.1) is 11.8 Å². The Bertz CT molecular complexity index is 611. The zero-order valence-electron chi connectivity index (χ0n) is 10.8. The number of aromatic carboxylic acids is 1. The van der Waals surface area contributed by atoms with Crippen molar-refractivity contribution in [3.8, 4) is 5.75 Å². The van der Waals surface area contributed by atoms with E-state index in [4.69, 9.17) is 21.4 Å². The lowest BCUT2D eigenvalue weighted by Gasteiger charge is -2.08. The maximum atomic E-state index is 11.0. The Labute approximate surface area is 126 Å². The van der Waals surface area contributed by atoms with Crippen LogP contribution in [-0.4, -0.2) is 17.3 Å². The molecule has 0 saturated heterocycles. The molecule has 0 fully saturated rings. The molecule has 2 rings (SSSR count). The van der Waals surface area contributed by atoms with Crippen molar-refractivity contribution in [3.63, 3.8) is 0 Å². The van der Waals surface area contributed by atoms with Gasteiger partial charge in [0.05, 0.1) is 10.6 Å². The number of hydrogen-bond acceptors (Lipinski definition) is 3. The highest BCUT2D eigenvalue weighted by Gasteiger charge is 2.10. The second kappa shape index (κ2) is 6.68. The number of halogens is 1. The predicted octanol–water partition coefficient (Wildman–Crippen LogP) is 4.34. The molecule has 5 heteroatoms. The minimum absolute atomic E-state index is 0.0434. The fourth-order valence-electron chi connectivity index (χ4n) is 1.65. The number of carboxylic acid groups (broad SMARTS) is 1. The molecule has 0 heterocycles. The number of carbonyl (C=O) groups is 1. The van der Waals surface area contributed by atoms with Gasteiger partial charge in [0.25, 0.3) is 0 Å². The molecule has 0 bridgehead atoms. The van der Waals surface area contributed by atoms with Crippen LogP contribution in [0.4, 0.5) is 0 Å². The smallest absolute Gasteiger partial charge is 0.337 e. The van der Waals surface area contributed by atoms with Gasteiger partial charge in [0.1, 0.15) is 12.4 Å². The van der Waals surface area contributed by atoms with E-state index in [1.54, 1.807) is 17.8 Å². The highest BCUT2D eigenvalue weighted by atomic mass is 35.5. The number of thioether (sulfide) groups is 1. The third kappa shape index (κ3) is 3.68. The summed E-state index contributed by atoms with van der Waals surface area (Å²) >= 11 is 7.48. The lowest BCUT2D eigenvalue weighted by atomic mass is 10.2. The van der Waals surface area contributed by atoms with Crippen molar-refractivity contribution in [2.75, 3.05) is 6.26 Å². The molecule has 0 aliphatic rings. The van der Waals surface area contributed by atoms with Crippen LogP contribution in [0.25, 0.3) is 0 Å². The van der Waals surface area contributed by atoms with Gasteiger partial charge in [-0.2, -0.15) is 0 Å². The molecule has 0 amide bonds. The molecule has 0 aliphatic carbocycles. The first-order valence-electron chi connectivity index (χ1n) is 5.88. The second-order valence-electron chi connectivity index (χ2n) is 4.08. The summed E-state index contributed by atoms with van der Waals surface area (Å²) in [7, 11) is 0. The number of rotatable bonds is 5. The molecule has 20 heavy (non-hydrogen) atoms. The fraction of sp³-hybridized carbons (Fsp3) is 0.133. The molecule has 0 saturated carbocycles. The van der Waals surface area contributed by atoms with Crippen molar-refractivity contribution >= 4 is 29.3 Å². The van der Waals surface area contributed by atoms with Gasteiger partial charge in [-0.25, -0.2) is 4.79 Å². The third-order valence-corrected chi connectivity index (χ3v) is 3.81. The Balaban J connectivity index is 2.06. The summed E-state index contributed by atoms with van der Waals surface area (Å²) in [6.07, 6.45) is 2.02. The average molecular weight is 309 g/mol. The molecule has 2 aromatic carbocycles. The van der Waals surface area contributed by atoms with Crippen LogP contribution >= 0.6 is 23.4 Å². The second-order valence-corrected chi connectivity index (χ2v) is 5.37. The summed E-state index contributed by atoms with van der Waals surface area (Å²) in [5, 5.41) is 9.19. The maximum Gasteiger partial charge on any atom is 0.337 e. The fourth-order valence-corrected chi connectivity index (χ4v) is 2.25. The van der Waals surface area contributed by atoms with E-state index in [0.29, 0.717) is 12.4 Å². The first-order chi connectivity index (χ1) is 9.60. The van der Waals surface area contributed by atoms with Crippen molar-refractivity contribution in [1.82, 2.24) is 0 Å². The van der Waals surface area contributed by atoms with Crippen molar-refractivity contribution in [2.45, 2.75) is 11.5 Å². The average Bonchev–Trinajstić information content (AvgIpc) is 2.46. The Kier molecular flexibility index (Phi) is 4.93. The van der Waals surface area contributed by atoms with E-state index < -0.39 is 5.97 Å². The van der Waals surface area contributed by atoms with Gasteiger partial charge < -0.3 is 9.84 Å². The minimum Gasteiger partial charge on any atom is -0.489 e. The zero-order valence-corrected chi connectivity index (χ0v) is 12.4. The van der Waals surface area contributed by atoms with E-state index in [1.807, 2.05) is 30.5 Å². The van der Waals surface area contributed by atoms with Crippen LogP contribution in [0.2, 0.25) is 5.02 Å². The topological polar surface area (TPSA) is 46.5 Å². The molecule has 0 unspecified atom stereocenters. The van der Waals surface area contributed by atoms with Crippen LogP contribution in [0.1, 0.15) is 15.9 Å². The highest BCUT2D eigenvalue weighted by molar-refractivity contribution is 7.98. The Morgan fingerprint density at radius 1 is 1.25 bits per heavy atom. The first-order valence-corrected chi connectivity index (χ1v) is 7.49. The zero-order chi connectivity index (χ0) is 14.5. The summed E-state index contributed by atoms with van der Waals surface area (Å²) in [5.41, 5.74) is 1.07. The van der Waals surface area contributed by atoms with Crippen LogP contribution in [0, 0.1) is 0 Å². The molecular weight excluding hydrogens is 296 g/mol. The summed E-state index contributed by atoms with van der Waals surface area (Å²) < 4.78 is 5.58. The Morgan fingerprint density at radius 2 is 1.95 bits per heavy atom. The SMILES string of the molecule is CSc1ccc(COc2ccc(Cl)c(C(=O)O)c2)cc1. The predicted molar refractivity (Wildman–Crippen MR) is 81.0 cm³/mol. The lowest BCUT2D eigenvalue weighted by Crippen LogP contribution is -2.00. The molecule has 1 N–H and O–H groups in total. The summed E-state index contributed by atoms with van der Waals surface area (Å²) in [6.45, 7) is 0.384. The van der Waals surface area contributed by atoms with Gasteiger partial charge in [0.15, 0.2) is 0 Å². The molecule has 0 atom stereocenters. The largest absolute Gasteiger partial charge is 0.489 e. The van der Waals surface area contributed by atoms with Gasteiger partial charge in [-0.1, -0.05) is 23.7 Å². The third-order valence-electron chi connectivity index (χ3n) is 2.73. The monoisotopic (exact) mass is 308 g/mol. The number of hydrogen-bond donors (Lipinski definition) is 1. The van der Waals surface area contributed by atoms with Gasteiger partial charge in [-0.05, 0) is 42.2 Å². The van der Waals surface area contributed by atoms with Gasteiger partial charge in [0.2, 0.25) is 0 Å². The number of benzene rings is 2. The van der Waals surface area contributed by atoms with E-state index >= 15 is 0 Å². The number of carboxylic acids is 1. The first kappa shape index (κ1) is 14.8. The summed E-state index contributed by atoms with van der Waals surface area (Å²) in [4.78, 5) is 12.2. The van der Waals surface area contributed by atoms with Crippen LogP contribution in [0.3, 0.4) is 0 Å². The van der Waals surface area contributed by atoms with Gasteiger partial charge in [-0.3, -0.25) is 0 Å². The van der Waals surface area contributed by atoms with E-state index in [-0.39, 0.29) is 10.6 Å². The molecule has 0 radical (unpaired) electrons. The maximum absolute atomic E-state index is 11.0. The van der Waals surface area contributed by atoms with Crippen molar-refractivity contribution in [3.05, 3.63) is 58.6 Å². The van der Waals surface area contributed by atoms with E-state index in [9.17, 15) is 4.79 Å². The van der Waals surface area contributed by atoms with Crippen molar-refractivity contribution in [1.29, 1.82) is 0 Å². The molecular formula is C15H13ClO3S. The lowest BCUT2D eigenvalue weighted by molar-refractivity contribution is 0.0696. The van der Waals surface area contributed by atoms with Crippen LogP contribution in [-0.2, 0) is 6.61 Å². The summed E-state index contributed by atoms with van der Waals surface area (Å²) in [5.74, 6) is -0.578. The van der Waals surface area contributed by atoms with E-state index in [0.717, 1.165) is 5.56 Å². The van der Waals surface area contributed by atoms with Crippen LogP contribution < -0.4 is 4.74 Å². The molecule has 0 spiro atoms.